The third kappa shape index (κ3) is 2.35. The monoisotopic (exact) mass is 239 g/mol. The molecule has 0 radical (unpaired) electrons. The molecule has 0 saturated carbocycles. The molecule has 17 heavy (non-hydrogen) atoms. The molecule has 0 amide bonds. The number of alkyl halides is 3. The zero-order chi connectivity index (χ0) is 12.5. The summed E-state index contributed by atoms with van der Waals surface area (Å²) in [6, 6.07) is 9.39. The first-order chi connectivity index (χ1) is 7.98. The Morgan fingerprint density at radius 3 is 2.24 bits per heavy atom. The van der Waals surface area contributed by atoms with E-state index in [0.717, 1.165) is 6.07 Å². The van der Waals surface area contributed by atoms with Crippen LogP contribution in [0.25, 0.3) is 11.3 Å². The number of halogens is 3. The third-order valence-electron chi connectivity index (χ3n) is 2.20. The summed E-state index contributed by atoms with van der Waals surface area (Å²) in [6.45, 7) is 0. The minimum absolute atomic E-state index is 0.145. The average Bonchev–Trinajstić information content (AvgIpc) is 2.29. The molecule has 0 saturated heterocycles. The molecule has 2 rings (SSSR count). The van der Waals surface area contributed by atoms with E-state index in [1.807, 2.05) is 0 Å². The van der Waals surface area contributed by atoms with E-state index < -0.39 is 17.6 Å². The second-order valence-corrected chi connectivity index (χ2v) is 3.39. The van der Waals surface area contributed by atoms with Crippen molar-refractivity contribution >= 4 is 5.82 Å². The Hall–Kier alpha value is -2.11. The van der Waals surface area contributed by atoms with Crippen LogP contribution in [0.3, 0.4) is 0 Å². The van der Waals surface area contributed by atoms with Gasteiger partial charge in [-0.25, -0.2) is 0 Å². The molecule has 0 aliphatic rings. The molecule has 0 bridgehead atoms. The summed E-state index contributed by atoms with van der Waals surface area (Å²) in [5, 5.41) is 6.98. The molecule has 0 aliphatic heterocycles. The molecule has 1 aromatic carbocycles. The smallest absolute Gasteiger partial charge is 0.382 e. The van der Waals surface area contributed by atoms with Gasteiger partial charge in [0.2, 0.25) is 0 Å². The average molecular weight is 239 g/mol. The first kappa shape index (κ1) is 11.4. The van der Waals surface area contributed by atoms with E-state index in [-0.39, 0.29) is 5.69 Å². The molecule has 1 aromatic heterocycles. The fourth-order valence-electron chi connectivity index (χ4n) is 1.38. The molecule has 2 N–H and O–H groups in total. The van der Waals surface area contributed by atoms with E-state index in [1.165, 1.54) is 0 Å². The standard InChI is InChI=1S/C11H8F3N3/c12-11(13,14)8-6-9(16-17-10(8)15)7-4-2-1-3-5-7/h1-6H,(H2,15,17). The lowest BCUT2D eigenvalue weighted by Crippen LogP contribution is -2.11. The van der Waals surface area contributed by atoms with Crippen LogP contribution in [0.2, 0.25) is 0 Å². The number of hydrogen-bond donors (Lipinski definition) is 1. The second-order valence-electron chi connectivity index (χ2n) is 3.39. The van der Waals surface area contributed by atoms with Gasteiger partial charge in [0, 0.05) is 5.56 Å². The molecule has 0 spiro atoms. The van der Waals surface area contributed by atoms with Gasteiger partial charge in [-0.1, -0.05) is 30.3 Å². The van der Waals surface area contributed by atoms with Crippen molar-refractivity contribution in [1.29, 1.82) is 0 Å². The van der Waals surface area contributed by atoms with Gasteiger partial charge in [-0.3, -0.25) is 0 Å². The number of nitrogen functional groups attached to an aromatic ring is 1. The highest BCUT2D eigenvalue weighted by Gasteiger charge is 2.34. The molecule has 0 aliphatic carbocycles. The Bertz CT molecular complexity index is 523. The maximum Gasteiger partial charge on any atom is 0.420 e. The molecule has 0 unspecified atom stereocenters. The number of benzene rings is 1. The Balaban J connectivity index is 2.53. The lowest BCUT2D eigenvalue weighted by molar-refractivity contribution is -0.137. The molecule has 0 atom stereocenters. The van der Waals surface area contributed by atoms with Gasteiger partial charge in [0.1, 0.15) is 5.56 Å². The van der Waals surface area contributed by atoms with E-state index >= 15 is 0 Å². The number of anilines is 1. The van der Waals surface area contributed by atoms with Gasteiger partial charge in [0.15, 0.2) is 5.82 Å². The maximum absolute atomic E-state index is 12.6. The lowest BCUT2D eigenvalue weighted by atomic mass is 10.1. The van der Waals surface area contributed by atoms with Crippen molar-refractivity contribution in [1.82, 2.24) is 10.2 Å². The van der Waals surface area contributed by atoms with Gasteiger partial charge in [0.25, 0.3) is 0 Å². The summed E-state index contributed by atoms with van der Waals surface area (Å²) in [7, 11) is 0. The lowest BCUT2D eigenvalue weighted by Gasteiger charge is -2.09. The van der Waals surface area contributed by atoms with Crippen LogP contribution in [0.4, 0.5) is 19.0 Å². The molecule has 88 valence electrons. The predicted octanol–water partition coefficient (Wildman–Crippen LogP) is 2.74. The minimum atomic E-state index is -4.52. The zero-order valence-electron chi connectivity index (χ0n) is 8.57. The molecular formula is C11H8F3N3. The minimum Gasteiger partial charge on any atom is -0.382 e. The molecule has 1 heterocycles. The van der Waals surface area contributed by atoms with Gasteiger partial charge < -0.3 is 5.73 Å². The normalized spacial score (nSPS) is 11.5. The highest BCUT2D eigenvalue weighted by atomic mass is 19.4. The van der Waals surface area contributed by atoms with E-state index in [1.54, 1.807) is 30.3 Å². The van der Waals surface area contributed by atoms with Gasteiger partial charge in [-0.2, -0.15) is 13.2 Å². The number of nitrogens with zero attached hydrogens (tertiary/aromatic N) is 2. The Labute approximate surface area is 95.1 Å². The van der Waals surface area contributed by atoms with Crippen molar-refractivity contribution < 1.29 is 13.2 Å². The molecule has 0 fully saturated rings. The first-order valence-electron chi connectivity index (χ1n) is 4.74. The number of hydrogen-bond acceptors (Lipinski definition) is 3. The predicted molar refractivity (Wildman–Crippen MR) is 56.9 cm³/mol. The van der Waals surface area contributed by atoms with Gasteiger partial charge in [0.05, 0.1) is 5.69 Å². The highest BCUT2D eigenvalue weighted by Crippen LogP contribution is 2.34. The molecule has 2 aromatic rings. The summed E-state index contributed by atoms with van der Waals surface area (Å²) < 4.78 is 37.8. The fraction of sp³-hybridized carbons (Fsp3) is 0.0909. The van der Waals surface area contributed by atoms with Crippen LogP contribution >= 0.6 is 0 Å². The summed E-state index contributed by atoms with van der Waals surface area (Å²) >= 11 is 0. The number of rotatable bonds is 1. The van der Waals surface area contributed by atoms with E-state index in [2.05, 4.69) is 10.2 Å². The number of nitrogens with two attached hydrogens (primary N) is 1. The van der Waals surface area contributed by atoms with Crippen molar-refractivity contribution in [3.8, 4) is 11.3 Å². The van der Waals surface area contributed by atoms with Crippen LogP contribution in [-0.2, 0) is 6.18 Å². The maximum atomic E-state index is 12.6. The van der Waals surface area contributed by atoms with Crippen molar-refractivity contribution in [3.63, 3.8) is 0 Å². The molecular weight excluding hydrogens is 231 g/mol. The molecule has 3 nitrogen and oxygen atoms in total. The van der Waals surface area contributed by atoms with Crippen LogP contribution < -0.4 is 5.73 Å². The van der Waals surface area contributed by atoms with Crippen molar-refractivity contribution in [2.24, 2.45) is 0 Å². The fourth-order valence-corrected chi connectivity index (χ4v) is 1.38. The second kappa shape index (κ2) is 4.04. The number of aromatic nitrogens is 2. The molecule has 6 heteroatoms. The van der Waals surface area contributed by atoms with Crippen LogP contribution in [0.1, 0.15) is 5.56 Å². The Morgan fingerprint density at radius 2 is 1.65 bits per heavy atom. The van der Waals surface area contributed by atoms with Crippen LogP contribution in [-0.4, -0.2) is 10.2 Å². The summed E-state index contributed by atoms with van der Waals surface area (Å²) in [6.07, 6.45) is -4.52. The SMILES string of the molecule is Nc1nnc(-c2ccccc2)cc1C(F)(F)F. The topological polar surface area (TPSA) is 51.8 Å². The third-order valence-corrected chi connectivity index (χ3v) is 2.20. The van der Waals surface area contributed by atoms with Crippen LogP contribution in [0.15, 0.2) is 36.4 Å². The van der Waals surface area contributed by atoms with Crippen molar-refractivity contribution in [2.75, 3.05) is 5.73 Å². The largest absolute Gasteiger partial charge is 0.420 e. The van der Waals surface area contributed by atoms with Crippen molar-refractivity contribution in [3.05, 3.63) is 42.0 Å². The Kier molecular flexibility index (Phi) is 2.71. The van der Waals surface area contributed by atoms with Gasteiger partial charge >= 0.3 is 6.18 Å². The van der Waals surface area contributed by atoms with Crippen molar-refractivity contribution in [2.45, 2.75) is 6.18 Å². The quantitative estimate of drug-likeness (QED) is 0.832. The first-order valence-corrected chi connectivity index (χ1v) is 4.74. The Morgan fingerprint density at radius 1 is 1.00 bits per heavy atom. The highest BCUT2D eigenvalue weighted by molar-refractivity contribution is 5.61. The summed E-state index contributed by atoms with van der Waals surface area (Å²) in [4.78, 5) is 0. The zero-order valence-corrected chi connectivity index (χ0v) is 8.57. The van der Waals surface area contributed by atoms with Crippen LogP contribution in [0, 0.1) is 0 Å². The van der Waals surface area contributed by atoms with E-state index in [9.17, 15) is 13.2 Å². The van der Waals surface area contributed by atoms with Gasteiger partial charge in [-0.05, 0) is 6.07 Å². The van der Waals surface area contributed by atoms with Gasteiger partial charge in [-0.15, -0.1) is 10.2 Å². The van der Waals surface area contributed by atoms with E-state index in [4.69, 9.17) is 5.73 Å². The van der Waals surface area contributed by atoms with E-state index in [0.29, 0.717) is 5.56 Å². The van der Waals surface area contributed by atoms with Crippen LogP contribution in [0.5, 0.6) is 0 Å². The summed E-state index contributed by atoms with van der Waals surface area (Å²) in [5.41, 5.74) is 4.90. The summed E-state index contributed by atoms with van der Waals surface area (Å²) in [5.74, 6) is -0.614.